The number of hydrogen-bond acceptors (Lipinski definition) is 0. The van der Waals surface area contributed by atoms with Crippen LogP contribution < -0.4 is 0 Å². The zero-order chi connectivity index (χ0) is 7.56. The zero-order valence-electron chi connectivity index (χ0n) is 5.10. The summed E-state index contributed by atoms with van der Waals surface area (Å²) >= 11 is 16.3. The van der Waals surface area contributed by atoms with Crippen molar-refractivity contribution in [1.29, 1.82) is 0 Å². The SMILES string of the molecule is [S]Cc1ccc(Cl)cc1Cl. The van der Waals surface area contributed by atoms with Gasteiger partial charge in [-0.1, -0.05) is 41.9 Å². The minimum Gasteiger partial charge on any atom is -0.0889 e. The third kappa shape index (κ3) is 1.82. The van der Waals surface area contributed by atoms with E-state index in [4.69, 9.17) is 35.8 Å². The molecule has 3 heteroatoms. The van der Waals surface area contributed by atoms with Crippen molar-refractivity contribution in [2.75, 3.05) is 0 Å². The maximum Gasteiger partial charge on any atom is 0.0461 e. The average Bonchev–Trinajstić information content (AvgIpc) is 1.88. The lowest BCUT2D eigenvalue weighted by atomic mass is 10.2. The average molecular weight is 192 g/mol. The Bertz CT molecular complexity index is 235. The van der Waals surface area contributed by atoms with Crippen LogP contribution in [0.2, 0.25) is 10.0 Å². The van der Waals surface area contributed by atoms with Crippen LogP contribution in [0.25, 0.3) is 0 Å². The van der Waals surface area contributed by atoms with Crippen molar-refractivity contribution in [1.82, 2.24) is 0 Å². The van der Waals surface area contributed by atoms with Crippen LogP contribution in [0.4, 0.5) is 0 Å². The van der Waals surface area contributed by atoms with E-state index in [9.17, 15) is 0 Å². The van der Waals surface area contributed by atoms with Gasteiger partial charge in [0.25, 0.3) is 0 Å². The first-order valence-corrected chi connectivity index (χ1v) is 4.09. The molecule has 0 spiro atoms. The van der Waals surface area contributed by atoms with Gasteiger partial charge in [-0.3, -0.25) is 0 Å². The first kappa shape index (κ1) is 8.25. The van der Waals surface area contributed by atoms with Crippen molar-refractivity contribution in [3.05, 3.63) is 33.8 Å². The molecule has 0 bridgehead atoms. The van der Waals surface area contributed by atoms with Gasteiger partial charge >= 0.3 is 0 Å². The molecule has 1 aromatic rings. The van der Waals surface area contributed by atoms with Gasteiger partial charge in [-0.25, -0.2) is 0 Å². The van der Waals surface area contributed by atoms with E-state index in [0.29, 0.717) is 15.8 Å². The molecule has 0 unspecified atom stereocenters. The Morgan fingerprint density at radius 3 is 2.50 bits per heavy atom. The van der Waals surface area contributed by atoms with Gasteiger partial charge in [0, 0.05) is 15.8 Å². The van der Waals surface area contributed by atoms with Gasteiger partial charge < -0.3 is 0 Å². The van der Waals surface area contributed by atoms with Gasteiger partial charge in [0.2, 0.25) is 0 Å². The standard InChI is InChI=1S/C7H5Cl2S/c8-6-2-1-5(4-10)7(9)3-6/h1-3H,4H2. The minimum absolute atomic E-state index is 0.538. The molecule has 0 fully saturated rings. The summed E-state index contributed by atoms with van der Waals surface area (Å²) in [6.45, 7) is 0. The second kappa shape index (κ2) is 3.51. The predicted molar refractivity (Wildman–Crippen MR) is 47.8 cm³/mol. The van der Waals surface area contributed by atoms with Crippen LogP contribution in [0, 0.1) is 0 Å². The number of halogens is 2. The molecule has 0 aliphatic heterocycles. The maximum atomic E-state index is 5.78. The Morgan fingerprint density at radius 2 is 2.00 bits per heavy atom. The van der Waals surface area contributed by atoms with E-state index in [1.807, 2.05) is 6.07 Å². The van der Waals surface area contributed by atoms with Crippen molar-refractivity contribution in [3.63, 3.8) is 0 Å². The lowest BCUT2D eigenvalue weighted by molar-refractivity contribution is 1.43. The Labute approximate surface area is 75.6 Å². The molecule has 0 amide bonds. The highest BCUT2D eigenvalue weighted by molar-refractivity contribution is 7.79. The van der Waals surface area contributed by atoms with Gasteiger partial charge in [-0.2, -0.15) is 0 Å². The molecule has 1 rings (SSSR count). The maximum absolute atomic E-state index is 5.78. The molecule has 0 aromatic heterocycles. The van der Waals surface area contributed by atoms with E-state index in [-0.39, 0.29) is 0 Å². The fourth-order valence-electron chi connectivity index (χ4n) is 0.639. The fourth-order valence-corrected chi connectivity index (χ4v) is 1.45. The van der Waals surface area contributed by atoms with Crippen molar-refractivity contribution >= 4 is 35.8 Å². The first-order chi connectivity index (χ1) is 4.74. The van der Waals surface area contributed by atoms with E-state index in [2.05, 4.69) is 0 Å². The quantitative estimate of drug-likeness (QED) is 0.636. The predicted octanol–water partition coefficient (Wildman–Crippen LogP) is 3.69. The Balaban J connectivity index is 3.07. The molecule has 0 aliphatic carbocycles. The topological polar surface area (TPSA) is 0 Å². The number of hydrogen-bond donors (Lipinski definition) is 0. The molecule has 0 aliphatic rings. The van der Waals surface area contributed by atoms with Gasteiger partial charge in [-0.15, -0.1) is 0 Å². The molecule has 0 heterocycles. The Hall–Kier alpha value is 0.150. The smallest absolute Gasteiger partial charge is 0.0461 e. The van der Waals surface area contributed by atoms with E-state index < -0.39 is 0 Å². The largest absolute Gasteiger partial charge is 0.0889 e. The summed E-state index contributed by atoms with van der Waals surface area (Å²) in [5.41, 5.74) is 0.959. The van der Waals surface area contributed by atoms with Crippen LogP contribution in [0.5, 0.6) is 0 Å². The molecular weight excluding hydrogens is 187 g/mol. The molecule has 0 saturated heterocycles. The van der Waals surface area contributed by atoms with Crippen LogP contribution in [0.15, 0.2) is 18.2 Å². The molecule has 0 saturated carbocycles. The molecule has 1 aromatic carbocycles. The second-order valence-corrected chi connectivity index (χ2v) is 3.01. The van der Waals surface area contributed by atoms with Gasteiger partial charge in [0.1, 0.15) is 0 Å². The first-order valence-electron chi connectivity index (χ1n) is 2.76. The molecule has 0 atom stereocenters. The molecule has 53 valence electrons. The second-order valence-electron chi connectivity index (χ2n) is 1.88. The highest BCUT2D eigenvalue weighted by Gasteiger charge is 1.97. The van der Waals surface area contributed by atoms with E-state index in [1.54, 1.807) is 12.1 Å². The fraction of sp³-hybridized carbons (Fsp3) is 0.143. The number of benzene rings is 1. The summed E-state index contributed by atoms with van der Waals surface area (Å²) in [5.74, 6) is 0.538. The highest BCUT2D eigenvalue weighted by Crippen LogP contribution is 2.21. The van der Waals surface area contributed by atoms with E-state index >= 15 is 0 Å². The normalized spacial score (nSPS) is 9.90. The third-order valence-electron chi connectivity index (χ3n) is 1.17. The van der Waals surface area contributed by atoms with Crippen LogP contribution in [-0.2, 0) is 5.75 Å². The van der Waals surface area contributed by atoms with E-state index in [1.165, 1.54) is 0 Å². The lowest BCUT2D eigenvalue weighted by Crippen LogP contribution is -1.78. The van der Waals surface area contributed by atoms with Crippen molar-refractivity contribution in [2.24, 2.45) is 0 Å². The zero-order valence-corrected chi connectivity index (χ0v) is 7.43. The van der Waals surface area contributed by atoms with Gasteiger partial charge in [0.05, 0.1) is 0 Å². The molecule has 0 nitrogen and oxygen atoms in total. The summed E-state index contributed by atoms with van der Waals surface area (Å²) in [6.07, 6.45) is 0. The molecule has 10 heavy (non-hydrogen) atoms. The van der Waals surface area contributed by atoms with Crippen LogP contribution in [0.1, 0.15) is 5.56 Å². The van der Waals surface area contributed by atoms with Gasteiger partial charge in [-0.05, 0) is 17.7 Å². The van der Waals surface area contributed by atoms with Gasteiger partial charge in [0.15, 0.2) is 0 Å². The number of rotatable bonds is 1. The van der Waals surface area contributed by atoms with Crippen LogP contribution in [-0.4, -0.2) is 0 Å². The summed E-state index contributed by atoms with van der Waals surface area (Å²) in [7, 11) is 0. The lowest BCUT2D eigenvalue weighted by Gasteiger charge is -1.98. The molecule has 1 radical (unpaired) electrons. The molecular formula is C7H5Cl2S. The van der Waals surface area contributed by atoms with Crippen LogP contribution in [0.3, 0.4) is 0 Å². The summed E-state index contributed by atoms with van der Waals surface area (Å²) in [4.78, 5) is 0. The Kier molecular flexibility index (Phi) is 2.90. The van der Waals surface area contributed by atoms with Crippen molar-refractivity contribution in [3.8, 4) is 0 Å². The third-order valence-corrected chi connectivity index (χ3v) is 2.07. The summed E-state index contributed by atoms with van der Waals surface area (Å²) < 4.78 is 0. The summed E-state index contributed by atoms with van der Waals surface area (Å²) in [5, 5.41) is 1.31. The Morgan fingerprint density at radius 1 is 1.30 bits per heavy atom. The minimum atomic E-state index is 0.538. The highest BCUT2D eigenvalue weighted by atomic mass is 35.5. The van der Waals surface area contributed by atoms with Crippen LogP contribution >= 0.6 is 35.8 Å². The van der Waals surface area contributed by atoms with Crippen molar-refractivity contribution < 1.29 is 0 Å². The van der Waals surface area contributed by atoms with E-state index in [0.717, 1.165) is 5.56 Å². The van der Waals surface area contributed by atoms with Crippen molar-refractivity contribution in [2.45, 2.75) is 5.75 Å². The summed E-state index contributed by atoms with van der Waals surface area (Å²) in [6, 6.07) is 5.33. The molecule has 0 N–H and O–H groups in total. The monoisotopic (exact) mass is 191 g/mol.